The average molecular weight is 327 g/mol. The quantitative estimate of drug-likeness (QED) is 0.746. The molecule has 0 saturated heterocycles. The van der Waals surface area contributed by atoms with Crippen molar-refractivity contribution in [3.8, 4) is 5.75 Å². The van der Waals surface area contributed by atoms with E-state index in [-0.39, 0.29) is 17.9 Å². The highest BCUT2D eigenvalue weighted by molar-refractivity contribution is 6.34. The van der Waals surface area contributed by atoms with Crippen LogP contribution in [0.3, 0.4) is 0 Å². The number of unbranched alkanes of at least 4 members (excludes halogenated alkanes) is 1. The number of hydrogen-bond acceptors (Lipinski definition) is 2. The van der Waals surface area contributed by atoms with Gasteiger partial charge < -0.3 is 10.1 Å². The van der Waals surface area contributed by atoms with Gasteiger partial charge in [-0.3, -0.25) is 0 Å². The van der Waals surface area contributed by atoms with Crippen molar-refractivity contribution in [2.24, 2.45) is 0 Å². The Bertz CT molecular complexity index is 377. The van der Waals surface area contributed by atoms with Gasteiger partial charge in [-0.05, 0) is 52.3 Å². The molecule has 0 saturated carbocycles. The first-order chi connectivity index (χ1) is 8.38. The minimum Gasteiger partial charge on any atom is -0.492 e. The molecule has 19 heavy (non-hydrogen) atoms. The van der Waals surface area contributed by atoms with E-state index in [1.807, 2.05) is 0 Å². The van der Waals surface area contributed by atoms with Crippen molar-refractivity contribution >= 4 is 35.6 Å². The van der Waals surface area contributed by atoms with Gasteiger partial charge in [0, 0.05) is 16.6 Å². The molecule has 0 aliphatic rings. The summed E-state index contributed by atoms with van der Waals surface area (Å²) in [5.74, 6) is 0.660. The largest absolute Gasteiger partial charge is 0.492 e. The maximum atomic E-state index is 6.00. The third-order valence-electron chi connectivity index (χ3n) is 2.38. The zero-order valence-corrected chi connectivity index (χ0v) is 14.0. The van der Waals surface area contributed by atoms with Gasteiger partial charge in [0.05, 0.1) is 11.6 Å². The zero-order chi connectivity index (χ0) is 13.6. The molecule has 0 unspecified atom stereocenters. The summed E-state index contributed by atoms with van der Waals surface area (Å²) >= 11 is 11.9. The van der Waals surface area contributed by atoms with Gasteiger partial charge in [-0.25, -0.2) is 0 Å². The predicted molar refractivity (Wildman–Crippen MR) is 86.2 cm³/mol. The van der Waals surface area contributed by atoms with E-state index in [2.05, 4.69) is 26.1 Å². The minimum absolute atomic E-state index is 0. The Balaban J connectivity index is 0.00000324. The molecule has 5 heteroatoms. The summed E-state index contributed by atoms with van der Waals surface area (Å²) < 4.78 is 5.61. The lowest BCUT2D eigenvalue weighted by Gasteiger charge is -2.20. The fraction of sp³-hybridized carbons (Fsp3) is 0.571. The molecule has 0 amide bonds. The van der Waals surface area contributed by atoms with Crippen molar-refractivity contribution in [1.29, 1.82) is 0 Å². The van der Waals surface area contributed by atoms with E-state index in [4.69, 9.17) is 27.9 Å². The maximum absolute atomic E-state index is 6.00. The molecule has 0 atom stereocenters. The lowest BCUT2D eigenvalue weighted by atomic mass is 10.1. The molecule has 1 N–H and O–H groups in total. The Kier molecular flexibility index (Phi) is 8.84. The Hall–Kier alpha value is -0.150. The van der Waals surface area contributed by atoms with E-state index in [1.165, 1.54) is 0 Å². The van der Waals surface area contributed by atoms with Crippen LogP contribution in [0, 0.1) is 0 Å². The SMILES string of the molecule is CC(C)(C)NCCCCOc1cc(Cl)ccc1Cl.Cl. The topological polar surface area (TPSA) is 21.3 Å². The average Bonchev–Trinajstić information content (AvgIpc) is 2.26. The Morgan fingerprint density at radius 3 is 2.47 bits per heavy atom. The standard InChI is InChI=1S/C14H21Cl2NO.ClH/c1-14(2,3)17-8-4-5-9-18-13-10-11(15)6-7-12(13)16;/h6-7,10,17H,4-5,8-9H2,1-3H3;1H. The van der Waals surface area contributed by atoms with Gasteiger partial charge in [-0.1, -0.05) is 23.2 Å². The van der Waals surface area contributed by atoms with E-state index in [1.54, 1.807) is 18.2 Å². The molecule has 1 rings (SSSR count). The van der Waals surface area contributed by atoms with Crippen LogP contribution in [-0.2, 0) is 0 Å². The third kappa shape index (κ3) is 8.59. The van der Waals surface area contributed by atoms with Crippen LogP contribution >= 0.6 is 35.6 Å². The molecule has 2 nitrogen and oxygen atoms in total. The molecule has 0 heterocycles. The molecular weight excluding hydrogens is 305 g/mol. The van der Waals surface area contributed by atoms with Crippen molar-refractivity contribution in [2.75, 3.05) is 13.2 Å². The molecule has 110 valence electrons. The van der Waals surface area contributed by atoms with Crippen LogP contribution in [-0.4, -0.2) is 18.7 Å². The summed E-state index contributed by atoms with van der Waals surface area (Å²) in [7, 11) is 0. The van der Waals surface area contributed by atoms with Crippen molar-refractivity contribution in [2.45, 2.75) is 39.2 Å². The number of halogens is 3. The van der Waals surface area contributed by atoms with Gasteiger partial charge in [-0.15, -0.1) is 12.4 Å². The van der Waals surface area contributed by atoms with E-state index < -0.39 is 0 Å². The van der Waals surface area contributed by atoms with E-state index >= 15 is 0 Å². The first kappa shape index (κ1) is 18.9. The lowest BCUT2D eigenvalue weighted by molar-refractivity contribution is 0.301. The van der Waals surface area contributed by atoms with Gasteiger partial charge in [0.1, 0.15) is 5.75 Å². The van der Waals surface area contributed by atoms with E-state index in [0.29, 0.717) is 22.4 Å². The lowest BCUT2D eigenvalue weighted by Crippen LogP contribution is -2.36. The molecule has 1 aromatic carbocycles. The molecule has 1 aromatic rings. The Morgan fingerprint density at radius 1 is 1.16 bits per heavy atom. The van der Waals surface area contributed by atoms with Crippen LogP contribution in [0.5, 0.6) is 5.75 Å². The second-order valence-corrected chi connectivity index (χ2v) is 6.15. The van der Waals surface area contributed by atoms with Crippen molar-refractivity contribution in [1.82, 2.24) is 5.32 Å². The number of ether oxygens (including phenoxy) is 1. The fourth-order valence-corrected chi connectivity index (χ4v) is 1.79. The monoisotopic (exact) mass is 325 g/mol. The van der Waals surface area contributed by atoms with Crippen LogP contribution in [0.2, 0.25) is 10.0 Å². The van der Waals surface area contributed by atoms with Crippen LogP contribution < -0.4 is 10.1 Å². The summed E-state index contributed by atoms with van der Waals surface area (Å²) in [6.07, 6.45) is 2.07. The zero-order valence-electron chi connectivity index (χ0n) is 11.6. The summed E-state index contributed by atoms with van der Waals surface area (Å²) in [5.41, 5.74) is 0.178. The second-order valence-electron chi connectivity index (χ2n) is 5.31. The van der Waals surface area contributed by atoms with Gasteiger partial charge in [0.15, 0.2) is 0 Å². The van der Waals surface area contributed by atoms with Crippen LogP contribution in [0.4, 0.5) is 0 Å². The normalized spacial score (nSPS) is 11.0. The van der Waals surface area contributed by atoms with E-state index in [0.717, 1.165) is 19.4 Å². The third-order valence-corrected chi connectivity index (χ3v) is 2.92. The number of nitrogens with one attached hydrogen (secondary N) is 1. The second kappa shape index (κ2) is 8.91. The molecular formula is C14H22Cl3NO. The van der Waals surface area contributed by atoms with Gasteiger partial charge in [0.2, 0.25) is 0 Å². The molecule has 0 aliphatic carbocycles. The highest BCUT2D eigenvalue weighted by Gasteiger charge is 2.07. The molecule has 0 radical (unpaired) electrons. The summed E-state index contributed by atoms with van der Waals surface area (Å²) in [5, 5.41) is 4.68. The smallest absolute Gasteiger partial charge is 0.139 e. The van der Waals surface area contributed by atoms with Crippen LogP contribution in [0.1, 0.15) is 33.6 Å². The molecule has 0 aromatic heterocycles. The first-order valence-corrected chi connectivity index (χ1v) is 6.97. The highest BCUT2D eigenvalue weighted by Crippen LogP contribution is 2.27. The minimum atomic E-state index is 0. The fourth-order valence-electron chi connectivity index (χ4n) is 1.46. The van der Waals surface area contributed by atoms with Crippen molar-refractivity contribution in [3.63, 3.8) is 0 Å². The molecule has 0 bridgehead atoms. The summed E-state index contributed by atoms with van der Waals surface area (Å²) in [6.45, 7) is 8.14. The number of rotatable bonds is 6. The summed E-state index contributed by atoms with van der Waals surface area (Å²) in [4.78, 5) is 0. The van der Waals surface area contributed by atoms with E-state index in [9.17, 15) is 0 Å². The molecule has 0 aliphatic heterocycles. The molecule has 0 spiro atoms. The van der Waals surface area contributed by atoms with Gasteiger partial charge in [0.25, 0.3) is 0 Å². The van der Waals surface area contributed by atoms with Crippen molar-refractivity contribution < 1.29 is 4.74 Å². The highest BCUT2D eigenvalue weighted by atomic mass is 35.5. The van der Waals surface area contributed by atoms with Crippen LogP contribution in [0.25, 0.3) is 0 Å². The first-order valence-electron chi connectivity index (χ1n) is 6.21. The number of hydrogen-bond donors (Lipinski definition) is 1. The maximum Gasteiger partial charge on any atom is 0.139 e. The van der Waals surface area contributed by atoms with Gasteiger partial charge in [-0.2, -0.15) is 0 Å². The van der Waals surface area contributed by atoms with Crippen LogP contribution in [0.15, 0.2) is 18.2 Å². The summed E-state index contributed by atoms with van der Waals surface area (Å²) in [6, 6.07) is 5.25. The predicted octanol–water partition coefficient (Wildman–Crippen LogP) is 4.96. The van der Waals surface area contributed by atoms with Crippen molar-refractivity contribution in [3.05, 3.63) is 28.2 Å². The molecule has 0 fully saturated rings. The van der Waals surface area contributed by atoms with Gasteiger partial charge >= 0.3 is 0 Å². The Labute approximate surface area is 132 Å². The number of benzene rings is 1. The Morgan fingerprint density at radius 2 is 1.84 bits per heavy atom.